The Morgan fingerprint density at radius 3 is 0.796 bits per heavy atom. The fourth-order valence-electron chi connectivity index (χ4n) is 7.97. The van der Waals surface area contributed by atoms with Crippen molar-refractivity contribution in [3.63, 3.8) is 0 Å². The fourth-order valence-corrected chi connectivity index (χ4v) is 8.40. The molecule has 482 valence electrons. The van der Waals surface area contributed by atoms with Gasteiger partial charge in [0.25, 0.3) is 1.45 Å². The Bertz CT molecular complexity index is 1890. The van der Waals surface area contributed by atoms with Gasteiger partial charge in [0, 0.05) is 654 Å². The summed E-state index contributed by atoms with van der Waals surface area (Å²) in [7, 11) is -4.59. The molecule has 0 heterocycles. The zero-order valence-electron chi connectivity index (χ0n) is 57.0. The summed E-state index contributed by atoms with van der Waals surface area (Å²) in [5.74, 6) is -1.15. The van der Waals surface area contributed by atoms with Crippen LogP contribution < -0.4 is 17.2 Å². The molecule has 0 saturated heterocycles. The average Bonchev–Trinajstić information content (AvgIpc) is 3.40. The van der Waals surface area contributed by atoms with Crippen molar-refractivity contribution < 1.29 is 708 Å². The van der Waals surface area contributed by atoms with E-state index in [0.29, 0.717) is 25.7 Å². The number of unbranched alkanes of at least 4 members (excludes halogenated alkanes) is 15. The summed E-state index contributed by atoms with van der Waals surface area (Å²) in [4.78, 5) is 28.6. The van der Waals surface area contributed by atoms with Crippen molar-refractivity contribution >= 4 is 13.8 Å². The van der Waals surface area contributed by atoms with Crippen LogP contribution in [-0.2, 0) is 707 Å². The molecule has 0 aromatic heterocycles. The third-order valence-electron chi connectivity index (χ3n) is 13.4. The van der Waals surface area contributed by atoms with Crippen molar-refractivity contribution in [1.82, 2.24) is 0 Å². The van der Waals surface area contributed by atoms with E-state index in [9.17, 15) is 24.7 Å². The van der Waals surface area contributed by atoms with Crippen LogP contribution in [0.1, 0.15) is 196 Å². The van der Waals surface area contributed by atoms with Crippen molar-refractivity contribution in [2.24, 2.45) is 17.2 Å². The van der Waals surface area contributed by atoms with Crippen LogP contribution in [0.25, 0.3) is 0 Å². The summed E-state index contributed by atoms with van der Waals surface area (Å²) in [5, 5.41) is 46.0. The number of hydrogen-bond acceptors (Lipinski definition) is 10. The molecule has 2 atom stereocenters. The second kappa shape index (κ2) is 113. The molecular formula is C58H103FN3O10PY20. The SMILES string of the molecule is C.CCCCCCCCc1ccc(CCC(N)(CO)C(=O)O)cc1.CCCCCCCCc1ccc(CCC(N)(CO)CO)cc1.CCCCCCCCc1ccc(CCC(N)(CO)COP(=O)(O)O)cc1.[3H]F.[Y].[Y].[Y].[Y].[Y].[Y].[Y].[Y].[Y].[Y].[Y].[Y].[Y].[Y].[Y].[Y].[Y].[Y].[Y].[Y]. The molecule has 0 fully saturated rings. The van der Waals surface area contributed by atoms with Crippen LogP contribution in [0.2, 0.25) is 0 Å². The van der Waals surface area contributed by atoms with E-state index >= 15 is 0 Å². The Labute approximate surface area is 1070 Å². The molecule has 3 rings (SSSR count). The Morgan fingerprint density at radius 2 is 0.591 bits per heavy atom. The van der Waals surface area contributed by atoms with Crippen LogP contribution in [-0.4, -0.2) is 92.4 Å². The molecule has 0 aliphatic rings. The van der Waals surface area contributed by atoms with E-state index in [2.05, 4.69) is 75.3 Å². The number of nitrogens with two attached hydrogens (primary N) is 3. The number of aliphatic hydroxyl groups is 4. The van der Waals surface area contributed by atoms with Crippen molar-refractivity contribution in [3.05, 3.63) is 106 Å². The summed E-state index contributed by atoms with van der Waals surface area (Å²) in [5.41, 5.74) is 21.4. The molecule has 2 unspecified atom stereocenters. The second-order valence-corrected chi connectivity index (χ2v) is 21.3. The van der Waals surface area contributed by atoms with Crippen molar-refractivity contribution in [2.75, 3.05) is 33.0 Å². The molecule has 0 saturated carbocycles. The summed E-state index contributed by atoms with van der Waals surface area (Å²) in [6, 6.07) is 25.3. The van der Waals surface area contributed by atoms with Gasteiger partial charge >= 0.3 is 13.8 Å². The molecule has 3 aromatic rings. The van der Waals surface area contributed by atoms with Crippen molar-refractivity contribution in [3.8, 4) is 0 Å². The van der Waals surface area contributed by atoms with Gasteiger partial charge in [-0.25, -0.2) is 4.57 Å². The molecule has 35 heteroatoms. The maximum atomic E-state index is 11.1. The Balaban J connectivity index is -0.0000000368. The number of carbonyl (C=O) groups is 1. The topological polar surface area (TPSA) is 263 Å². The molecule has 0 spiro atoms. The number of aliphatic carboxylic acids is 1. The maximum absolute atomic E-state index is 11.1. The van der Waals surface area contributed by atoms with Gasteiger partial charge in [0.1, 0.15) is 5.54 Å². The summed E-state index contributed by atoms with van der Waals surface area (Å²) in [6.07, 6.45) is 30.0. The molecule has 13 N–H and O–H groups in total. The van der Waals surface area contributed by atoms with Gasteiger partial charge in [-0.3, -0.25) is 14.0 Å². The zero-order chi connectivity index (χ0) is 54.9. The van der Waals surface area contributed by atoms with E-state index in [0.717, 1.165) is 36.8 Å². The molecule has 3 aromatic carbocycles. The molecule has 13 nitrogen and oxygen atoms in total. The first kappa shape index (κ1) is 167. The van der Waals surface area contributed by atoms with Gasteiger partial charge in [0.2, 0.25) is 0 Å². The van der Waals surface area contributed by atoms with Gasteiger partial charge in [-0.05, 0) is 110 Å². The first-order valence-electron chi connectivity index (χ1n) is 27.3. The minimum atomic E-state index is -4.59. The number of phosphoric acid groups is 1. The van der Waals surface area contributed by atoms with Crippen LogP contribution in [0.15, 0.2) is 72.8 Å². The summed E-state index contributed by atoms with van der Waals surface area (Å²) in [6.45, 7) is 5.01. The van der Waals surface area contributed by atoms with Crippen molar-refractivity contribution in [1.29, 1.82) is 1.45 Å². The van der Waals surface area contributed by atoms with E-state index in [1.54, 1.807) is 0 Å². The molecule has 20 radical (unpaired) electrons. The Morgan fingerprint density at radius 1 is 0.387 bits per heavy atom. The first-order valence-corrected chi connectivity index (χ1v) is 28.4. The van der Waals surface area contributed by atoms with Gasteiger partial charge in [-0.1, -0.05) is 197 Å². The normalized spacial score (nSPS) is 10.3. The Hall–Kier alpha value is 19.0. The average molecular weight is 2830 g/mol. The van der Waals surface area contributed by atoms with Gasteiger partial charge < -0.3 is 52.5 Å². The van der Waals surface area contributed by atoms with E-state index in [4.69, 9.17) is 41.9 Å². The molecule has 0 amide bonds. The van der Waals surface area contributed by atoms with Crippen LogP contribution in [0.5, 0.6) is 0 Å². The maximum Gasteiger partial charge on any atom is 0.469 e. The van der Waals surface area contributed by atoms with Crippen LogP contribution in [0.4, 0.5) is 4.72 Å². The molecular weight excluding hydrogens is 2730 g/mol. The van der Waals surface area contributed by atoms with Crippen LogP contribution >= 0.6 is 7.82 Å². The first-order chi connectivity index (χ1) is 34.9. The molecule has 0 aliphatic heterocycles. The van der Waals surface area contributed by atoms with E-state index in [1.807, 2.05) is 24.3 Å². The standard InChI is InChI=1S/C19H34NO5P.C19H31NO3.C19H33NO2.CH4.FH.20Y/c1-2-3-4-5-6-7-8-17-9-11-18(12-10-17)13-14-19(20,15-21)16-25-26(22,23)24;1-2-3-4-5-6-7-8-16-9-11-17(12-10-16)13-14-19(20,15-21)18(22)23;1-2-3-4-5-6-7-8-17-9-11-18(12-10-17)13-14-19(20,15-21)16-22;;;;;;;;;;;;;;;;;;;;;;/h9-12,21H,2-8,13-16,20H2,1H3,(H2,22,23,24);9-12,21H,2-8,13-15,20H2,1H3,(H,22,23);9-12,21-22H,2-8,13-16,20H2,1H3;1H4;1H;;;;;;;;;;;;;;;;;;;;/i/hT. The largest absolute Gasteiger partial charge is 0.480 e. The third kappa shape index (κ3) is 98.0. The van der Waals surface area contributed by atoms with E-state index < -0.39 is 43.6 Å². The predicted molar refractivity (Wildman–Crippen MR) is 299 cm³/mol. The molecule has 93 heavy (non-hydrogen) atoms. The molecule has 0 bridgehead atoms. The zero-order valence-corrected chi connectivity index (χ0v) is 114. The number of rotatable bonds is 38. The van der Waals surface area contributed by atoms with Gasteiger partial charge in [-0.2, -0.15) is 0 Å². The fraction of sp³-hybridized carbons (Fsp3) is 0.672. The van der Waals surface area contributed by atoms with Crippen molar-refractivity contribution in [2.45, 2.75) is 218 Å². The number of carboxylic acids is 1. The van der Waals surface area contributed by atoms with E-state index in [-0.39, 0.29) is 688 Å². The van der Waals surface area contributed by atoms with E-state index in [1.165, 1.54) is 138 Å². The van der Waals surface area contributed by atoms with Gasteiger partial charge in [0.05, 0.1) is 44.1 Å². The third-order valence-corrected chi connectivity index (χ3v) is 13.8. The summed E-state index contributed by atoms with van der Waals surface area (Å²) >= 11 is 0. The quantitative estimate of drug-likeness (QED) is 0.0189. The van der Waals surface area contributed by atoms with Crippen LogP contribution in [0.3, 0.4) is 0 Å². The number of benzene rings is 3. The number of aliphatic hydroxyl groups excluding tert-OH is 4. The monoisotopic (exact) mass is 2830 g/mol. The summed E-state index contributed by atoms with van der Waals surface area (Å²) < 4.78 is 28.3. The Kier molecular flexibility index (Phi) is 202. The number of hydrogen-bond donors (Lipinski definition) is 10. The minimum absolute atomic E-state index is 0. The predicted octanol–water partition coefficient (Wildman–Crippen LogP) is 10.6. The number of carboxylic acid groups (broad SMARTS) is 1. The number of phosphoric ester groups is 1. The molecule has 0 aliphatic carbocycles. The second-order valence-electron chi connectivity index (χ2n) is 20.1. The minimum Gasteiger partial charge on any atom is -0.480 e. The number of halogens is 1. The smallest absolute Gasteiger partial charge is 0.469 e. The number of aryl methyl sites for hydroxylation is 6. The van der Waals surface area contributed by atoms with Gasteiger partial charge in [0.15, 0.2) is 0 Å². The van der Waals surface area contributed by atoms with Crippen LogP contribution in [0, 0.1) is 0 Å². The van der Waals surface area contributed by atoms with Gasteiger partial charge in [-0.15, -0.1) is 0 Å².